The summed E-state index contributed by atoms with van der Waals surface area (Å²) in [6, 6.07) is 0. The van der Waals surface area contributed by atoms with Crippen molar-refractivity contribution in [2.24, 2.45) is 0 Å². The summed E-state index contributed by atoms with van der Waals surface area (Å²) in [7, 11) is 3.58. The van der Waals surface area contributed by atoms with E-state index in [4.69, 9.17) is 8.44 Å². The third kappa shape index (κ3) is 1.89. The van der Waals surface area contributed by atoms with Gasteiger partial charge in [0.05, 0.1) is 0 Å². The maximum absolute atomic E-state index is 5.91. The molecule has 0 saturated carbocycles. The summed E-state index contributed by atoms with van der Waals surface area (Å²) in [5, 5.41) is 0. The molecular formula is C10H21GeO3Zr. The first-order valence-electron chi connectivity index (χ1n) is 5.25. The van der Waals surface area contributed by atoms with Gasteiger partial charge in [0.1, 0.15) is 0 Å². The Labute approximate surface area is 96.7 Å². The molecule has 0 fully saturated rings. The molecule has 0 unspecified atom stereocenters. The fraction of sp³-hybridized carbons (Fsp3) is 0.600. The third-order valence-electron chi connectivity index (χ3n) is 3.51. The first-order chi connectivity index (χ1) is 7.06. The molecule has 1 aliphatic rings. The van der Waals surface area contributed by atoms with Crippen molar-refractivity contribution in [2.75, 3.05) is 21.3 Å². The third-order valence-corrected chi connectivity index (χ3v) is 56.0. The fourth-order valence-corrected chi connectivity index (χ4v) is 42.5. The molecule has 5 heteroatoms. The maximum atomic E-state index is 5.91. The topological polar surface area (TPSA) is 27.7 Å². The summed E-state index contributed by atoms with van der Waals surface area (Å²) in [5.74, 6) is 4.60. The Morgan fingerprint density at radius 1 is 1.13 bits per heavy atom. The van der Waals surface area contributed by atoms with Crippen LogP contribution < -0.4 is 0 Å². The van der Waals surface area contributed by atoms with Gasteiger partial charge in [-0.25, -0.2) is 0 Å². The van der Waals surface area contributed by atoms with Gasteiger partial charge in [-0.2, -0.15) is 0 Å². The zero-order chi connectivity index (χ0) is 11.6. The van der Waals surface area contributed by atoms with Gasteiger partial charge in [-0.3, -0.25) is 0 Å². The molecule has 0 saturated heterocycles. The van der Waals surface area contributed by atoms with Crippen LogP contribution in [0.15, 0.2) is 21.5 Å². The van der Waals surface area contributed by atoms with Crippen molar-refractivity contribution in [3.8, 4) is 0 Å². The first-order valence-corrected chi connectivity index (χ1v) is 22.9. The Bertz CT molecular complexity index is 284. The zero-order valence-corrected chi connectivity index (χ0v) is 15.1. The van der Waals surface area contributed by atoms with Gasteiger partial charge < -0.3 is 0 Å². The summed E-state index contributed by atoms with van der Waals surface area (Å²) in [6.07, 6.45) is 7.28. The van der Waals surface area contributed by atoms with Gasteiger partial charge in [0, 0.05) is 0 Å². The molecule has 0 aliphatic heterocycles. The number of allylic oxidation sites excluding steroid dienone is 4. The van der Waals surface area contributed by atoms with Crippen molar-refractivity contribution >= 4 is 10.6 Å². The Balaban J connectivity index is 3.26. The van der Waals surface area contributed by atoms with E-state index >= 15 is 0 Å². The van der Waals surface area contributed by atoms with Crippen molar-refractivity contribution in [3.05, 3.63) is 21.5 Å². The Kier molecular flexibility index (Phi) is 4.59. The molecule has 0 aromatic heterocycles. The van der Waals surface area contributed by atoms with Gasteiger partial charge >= 0.3 is 97.4 Å². The van der Waals surface area contributed by atoms with Crippen LogP contribution in [0.25, 0.3) is 0 Å². The minimum atomic E-state index is -3.90. The predicted octanol–water partition coefficient (Wildman–Crippen LogP) is 2.19. The molecule has 0 N–H and O–H groups in total. The van der Waals surface area contributed by atoms with E-state index in [0.717, 1.165) is 6.42 Å². The second-order valence-corrected chi connectivity index (χ2v) is 45.9. The van der Waals surface area contributed by atoms with Gasteiger partial charge in [-0.1, -0.05) is 0 Å². The van der Waals surface area contributed by atoms with E-state index in [0.29, 0.717) is 0 Å². The van der Waals surface area contributed by atoms with Crippen molar-refractivity contribution in [1.29, 1.82) is 0 Å². The summed E-state index contributed by atoms with van der Waals surface area (Å²) in [4.78, 5) is 0. The normalized spacial score (nSPS) is 19.1. The molecule has 1 aliphatic carbocycles. The van der Waals surface area contributed by atoms with E-state index in [-0.39, 0.29) is 0 Å². The molecule has 0 spiro atoms. The Morgan fingerprint density at radius 3 is 1.93 bits per heavy atom. The van der Waals surface area contributed by atoms with Crippen LogP contribution in [0.5, 0.6) is 0 Å². The molecule has 0 heterocycles. The molecule has 0 aromatic carbocycles. The second kappa shape index (κ2) is 4.97. The first kappa shape index (κ1) is 13.8. The van der Waals surface area contributed by atoms with Gasteiger partial charge in [-0.15, -0.1) is 0 Å². The van der Waals surface area contributed by atoms with Crippen molar-refractivity contribution in [1.82, 2.24) is 0 Å². The van der Waals surface area contributed by atoms with Gasteiger partial charge in [0.25, 0.3) is 0 Å². The van der Waals surface area contributed by atoms with Crippen LogP contribution in [-0.2, 0) is 26.0 Å². The molecular weight excluding hydrogens is 332 g/mol. The molecule has 15 heavy (non-hydrogen) atoms. The van der Waals surface area contributed by atoms with Gasteiger partial charge in [0.15, 0.2) is 0 Å². The monoisotopic (exact) mass is 353 g/mol. The summed E-state index contributed by atoms with van der Waals surface area (Å²) in [5.41, 5.74) is 0. The molecule has 0 atom stereocenters. The van der Waals surface area contributed by atoms with E-state index in [1.807, 2.05) is 0 Å². The Hall–Kier alpha value is 0.786. The van der Waals surface area contributed by atoms with Crippen LogP contribution in [0.4, 0.5) is 0 Å². The van der Waals surface area contributed by atoms with Crippen molar-refractivity contribution in [2.45, 2.75) is 17.9 Å². The van der Waals surface area contributed by atoms with Crippen LogP contribution in [0.1, 0.15) is 6.42 Å². The average molecular weight is 353 g/mol. The van der Waals surface area contributed by atoms with Gasteiger partial charge in [0.2, 0.25) is 0 Å². The average Bonchev–Trinajstić information content (AvgIpc) is 2.76. The molecule has 1 rings (SSSR count). The minimum absolute atomic E-state index is 0.935. The van der Waals surface area contributed by atoms with E-state index in [2.05, 4.69) is 29.7 Å². The molecule has 3 nitrogen and oxygen atoms in total. The predicted molar refractivity (Wildman–Crippen MR) is 61.7 cm³/mol. The molecule has 87 valence electrons. The SMILES string of the molecule is C[O][Zr]([O]C)([O]C)([C]1=CC=CC1)[GeH]([CH3])[CH3]. The van der Waals surface area contributed by atoms with E-state index < -0.39 is 28.2 Å². The van der Waals surface area contributed by atoms with E-state index in [1.54, 1.807) is 21.3 Å². The van der Waals surface area contributed by atoms with Crippen molar-refractivity contribution < 1.29 is 26.0 Å². The van der Waals surface area contributed by atoms with Crippen LogP contribution >= 0.6 is 0 Å². The van der Waals surface area contributed by atoms with Crippen LogP contribution in [0.2, 0.25) is 11.5 Å². The quantitative estimate of drug-likeness (QED) is 0.710. The number of hydrogen-bond donors (Lipinski definition) is 0. The summed E-state index contributed by atoms with van der Waals surface area (Å²) < 4.78 is 19.0. The molecule has 0 amide bonds. The van der Waals surface area contributed by atoms with E-state index in [1.165, 1.54) is 3.28 Å². The fourth-order valence-electron chi connectivity index (χ4n) is 2.50. The van der Waals surface area contributed by atoms with Crippen LogP contribution in [0.3, 0.4) is 0 Å². The molecule has 0 aromatic rings. The number of rotatable bonds is 5. The standard InChI is InChI=1S/C5H5.C2H7Ge.3CH3O.Zr/c1-2-4-5-3-1;1-3-2;3*1-2;/h1-3H,4H2;3H,1-2H3;3*1H3;/q;;3*-1;+3. The van der Waals surface area contributed by atoms with Crippen LogP contribution in [0, 0.1) is 0 Å². The second-order valence-electron chi connectivity index (χ2n) is 4.15. The molecule has 0 radical (unpaired) electrons. The summed E-state index contributed by atoms with van der Waals surface area (Å²) >= 11 is -3.90. The molecule has 0 bridgehead atoms. The Morgan fingerprint density at radius 2 is 1.67 bits per heavy atom. The van der Waals surface area contributed by atoms with Crippen LogP contribution in [-0.4, -0.2) is 31.9 Å². The van der Waals surface area contributed by atoms with Gasteiger partial charge in [-0.05, 0) is 0 Å². The summed E-state index contributed by atoms with van der Waals surface area (Å²) in [6.45, 7) is 0. The zero-order valence-electron chi connectivity index (χ0n) is 10.2. The number of hydrogen-bond acceptors (Lipinski definition) is 3. The van der Waals surface area contributed by atoms with E-state index in [9.17, 15) is 0 Å². The van der Waals surface area contributed by atoms with Crippen molar-refractivity contribution in [3.63, 3.8) is 0 Å².